The van der Waals surface area contributed by atoms with E-state index in [1.165, 1.54) is 34.6 Å². The highest BCUT2D eigenvalue weighted by Crippen LogP contribution is 2.37. The molecule has 0 aliphatic rings. The lowest BCUT2D eigenvalue weighted by atomic mass is 10.1. The number of carbonyl (C=O) groups is 1. The number of hydrazone groups is 1. The van der Waals surface area contributed by atoms with Crippen molar-refractivity contribution in [1.82, 2.24) is 15.2 Å². The Morgan fingerprint density at radius 1 is 1.07 bits per heavy atom. The second kappa shape index (κ2) is 8.42. The van der Waals surface area contributed by atoms with Gasteiger partial charge in [-0.25, -0.2) is 10.1 Å². The van der Waals surface area contributed by atoms with Gasteiger partial charge < -0.3 is 14.2 Å². The average molecular weight is 396 g/mol. The van der Waals surface area contributed by atoms with E-state index in [4.69, 9.17) is 14.2 Å². The lowest BCUT2D eigenvalue weighted by molar-refractivity contribution is 0.0950. The van der Waals surface area contributed by atoms with E-state index in [2.05, 4.69) is 15.6 Å². The van der Waals surface area contributed by atoms with Crippen molar-refractivity contribution >= 4 is 22.9 Å². The lowest BCUT2D eigenvalue weighted by Crippen LogP contribution is -2.27. The van der Waals surface area contributed by atoms with Crippen molar-refractivity contribution in [2.24, 2.45) is 12.1 Å². The standard InChI is InChI=1S/C20H20N4O5/c1-24-20(26)14-8-6-5-7-13(14)17(23-24)19(25)22-21-11-12-9-15(27-2)18(29-4)16(10-12)28-3/h5-11H,1-4H3,(H,22,25)/b21-11-. The Balaban J connectivity index is 1.89. The number of amides is 1. The molecule has 2 aromatic carbocycles. The second-order valence-corrected chi connectivity index (χ2v) is 5.98. The van der Waals surface area contributed by atoms with Gasteiger partial charge in [-0.3, -0.25) is 9.59 Å². The molecule has 0 spiro atoms. The van der Waals surface area contributed by atoms with Crippen LogP contribution in [0.5, 0.6) is 17.2 Å². The molecule has 0 aliphatic carbocycles. The van der Waals surface area contributed by atoms with E-state index in [9.17, 15) is 9.59 Å². The molecule has 0 unspecified atom stereocenters. The first-order valence-corrected chi connectivity index (χ1v) is 8.59. The number of aromatic nitrogens is 2. The van der Waals surface area contributed by atoms with E-state index in [1.807, 2.05) is 0 Å². The van der Waals surface area contributed by atoms with Gasteiger partial charge in [0.2, 0.25) is 5.75 Å². The Morgan fingerprint density at radius 2 is 1.69 bits per heavy atom. The highest BCUT2D eigenvalue weighted by molar-refractivity contribution is 6.05. The van der Waals surface area contributed by atoms with Gasteiger partial charge in [0.25, 0.3) is 11.5 Å². The molecule has 0 saturated carbocycles. The number of fused-ring (bicyclic) bond motifs is 1. The zero-order valence-electron chi connectivity index (χ0n) is 16.4. The molecule has 0 radical (unpaired) electrons. The molecular formula is C20H20N4O5. The topological polar surface area (TPSA) is 104 Å². The average Bonchev–Trinajstić information content (AvgIpc) is 2.75. The number of hydrogen-bond acceptors (Lipinski definition) is 7. The van der Waals surface area contributed by atoms with Crippen LogP contribution in [0.3, 0.4) is 0 Å². The van der Waals surface area contributed by atoms with Gasteiger partial charge in [0.1, 0.15) is 0 Å². The molecule has 3 aromatic rings. The zero-order valence-corrected chi connectivity index (χ0v) is 16.4. The van der Waals surface area contributed by atoms with E-state index in [0.29, 0.717) is 33.6 Å². The van der Waals surface area contributed by atoms with Crippen LogP contribution in [0.1, 0.15) is 16.1 Å². The minimum atomic E-state index is -0.541. The Bertz CT molecular complexity index is 1130. The summed E-state index contributed by atoms with van der Waals surface area (Å²) < 4.78 is 17.0. The van der Waals surface area contributed by atoms with Crippen LogP contribution >= 0.6 is 0 Å². The van der Waals surface area contributed by atoms with Crippen molar-refractivity contribution in [3.05, 3.63) is 58.0 Å². The highest BCUT2D eigenvalue weighted by atomic mass is 16.5. The molecular weight excluding hydrogens is 376 g/mol. The number of benzene rings is 2. The Labute approximate surface area is 166 Å². The predicted octanol–water partition coefficient (Wildman–Crippen LogP) is 1.72. The van der Waals surface area contributed by atoms with E-state index >= 15 is 0 Å². The van der Waals surface area contributed by atoms with Crippen molar-refractivity contribution in [2.45, 2.75) is 0 Å². The number of carbonyl (C=O) groups excluding carboxylic acids is 1. The van der Waals surface area contributed by atoms with Crippen molar-refractivity contribution in [3.8, 4) is 17.2 Å². The van der Waals surface area contributed by atoms with Crippen LogP contribution in [0.15, 0.2) is 46.3 Å². The molecule has 0 fully saturated rings. The molecule has 1 amide bonds. The molecule has 3 rings (SSSR count). The van der Waals surface area contributed by atoms with Gasteiger partial charge in [0.05, 0.1) is 32.9 Å². The van der Waals surface area contributed by atoms with E-state index < -0.39 is 5.91 Å². The van der Waals surface area contributed by atoms with Crippen LogP contribution < -0.4 is 25.2 Å². The van der Waals surface area contributed by atoms with Crippen LogP contribution in [0.4, 0.5) is 0 Å². The SMILES string of the molecule is COc1cc(/C=N\NC(=O)c2nn(C)c(=O)c3ccccc23)cc(OC)c1OC. The summed E-state index contributed by atoms with van der Waals surface area (Å²) in [5.41, 5.74) is 2.87. The lowest BCUT2D eigenvalue weighted by Gasteiger charge is -2.12. The van der Waals surface area contributed by atoms with Crippen molar-refractivity contribution in [3.63, 3.8) is 0 Å². The van der Waals surface area contributed by atoms with Gasteiger partial charge >= 0.3 is 0 Å². The van der Waals surface area contributed by atoms with Gasteiger partial charge in [0, 0.05) is 18.0 Å². The van der Waals surface area contributed by atoms with Crippen LogP contribution in [0, 0.1) is 0 Å². The Morgan fingerprint density at radius 3 is 2.28 bits per heavy atom. The summed E-state index contributed by atoms with van der Waals surface area (Å²) in [6.07, 6.45) is 1.44. The molecule has 0 bridgehead atoms. The van der Waals surface area contributed by atoms with Gasteiger partial charge in [-0.05, 0) is 18.2 Å². The van der Waals surface area contributed by atoms with Crippen LogP contribution in [-0.2, 0) is 7.05 Å². The van der Waals surface area contributed by atoms with Gasteiger partial charge in [0.15, 0.2) is 17.2 Å². The van der Waals surface area contributed by atoms with Crippen molar-refractivity contribution in [1.29, 1.82) is 0 Å². The fourth-order valence-electron chi connectivity index (χ4n) is 2.86. The quantitative estimate of drug-likeness (QED) is 0.503. The fraction of sp³-hybridized carbons (Fsp3) is 0.200. The molecule has 0 saturated heterocycles. The Hall–Kier alpha value is -3.88. The summed E-state index contributed by atoms with van der Waals surface area (Å²) in [4.78, 5) is 24.8. The number of rotatable bonds is 6. The zero-order chi connectivity index (χ0) is 21.0. The maximum absolute atomic E-state index is 12.6. The maximum Gasteiger partial charge on any atom is 0.292 e. The molecule has 0 aliphatic heterocycles. The highest BCUT2D eigenvalue weighted by Gasteiger charge is 2.15. The molecule has 9 heteroatoms. The number of aryl methyl sites for hydroxylation is 1. The molecule has 0 atom stereocenters. The maximum atomic E-state index is 12.6. The molecule has 1 heterocycles. The van der Waals surface area contributed by atoms with E-state index in [1.54, 1.807) is 36.4 Å². The monoisotopic (exact) mass is 396 g/mol. The van der Waals surface area contributed by atoms with Crippen molar-refractivity contribution in [2.75, 3.05) is 21.3 Å². The number of methoxy groups -OCH3 is 3. The van der Waals surface area contributed by atoms with Gasteiger partial charge in [-0.15, -0.1) is 0 Å². The molecule has 150 valence electrons. The van der Waals surface area contributed by atoms with E-state index in [-0.39, 0.29) is 11.3 Å². The van der Waals surface area contributed by atoms with Crippen LogP contribution in [0.2, 0.25) is 0 Å². The third-order valence-electron chi connectivity index (χ3n) is 4.24. The second-order valence-electron chi connectivity index (χ2n) is 5.98. The van der Waals surface area contributed by atoms with Gasteiger partial charge in [-0.1, -0.05) is 18.2 Å². The third kappa shape index (κ3) is 3.88. The first kappa shape index (κ1) is 19.9. The van der Waals surface area contributed by atoms with Crippen LogP contribution in [-0.4, -0.2) is 43.2 Å². The number of hydrogen-bond donors (Lipinski definition) is 1. The van der Waals surface area contributed by atoms with Crippen LogP contribution in [0.25, 0.3) is 10.8 Å². The predicted molar refractivity (Wildman–Crippen MR) is 108 cm³/mol. The summed E-state index contributed by atoms with van der Waals surface area (Å²) in [6.45, 7) is 0. The summed E-state index contributed by atoms with van der Waals surface area (Å²) in [5, 5.41) is 8.91. The fourth-order valence-corrected chi connectivity index (χ4v) is 2.86. The number of nitrogens with zero attached hydrogens (tertiary/aromatic N) is 3. The summed E-state index contributed by atoms with van der Waals surface area (Å²) >= 11 is 0. The molecule has 1 N–H and O–H groups in total. The summed E-state index contributed by atoms with van der Waals surface area (Å²) in [5.74, 6) is 0.841. The number of ether oxygens (including phenoxy) is 3. The first-order chi connectivity index (χ1) is 14.0. The number of nitrogens with one attached hydrogen (secondary N) is 1. The molecule has 29 heavy (non-hydrogen) atoms. The normalized spacial score (nSPS) is 10.9. The van der Waals surface area contributed by atoms with Gasteiger partial charge in [-0.2, -0.15) is 10.2 Å². The van der Waals surface area contributed by atoms with E-state index in [0.717, 1.165) is 4.68 Å². The minimum absolute atomic E-state index is 0.102. The first-order valence-electron chi connectivity index (χ1n) is 8.59. The van der Waals surface area contributed by atoms with Crippen molar-refractivity contribution < 1.29 is 19.0 Å². The minimum Gasteiger partial charge on any atom is -0.493 e. The molecule has 1 aromatic heterocycles. The largest absolute Gasteiger partial charge is 0.493 e. The smallest absolute Gasteiger partial charge is 0.292 e. The third-order valence-corrected chi connectivity index (χ3v) is 4.24. The molecule has 9 nitrogen and oxygen atoms in total. The Kier molecular flexibility index (Phi) is 5.77. The summed E-state index contributed by atoms with van der Waals surface area (Å²) in [7, 11) is 6.02. The summed E-state index contributed by atoms with van der Waals surface area (Å²) in [6, 6.07) is 10.2.